The number of benzene rings is 1. The zero-order valence-electron chi connectivity index (χ0n) is 9.30. The van der Waals surface area contributed by atoms with Gasteiger partial charge in [-0.2, -0.15) is 0 Å². The van der Waals surface area contributed by atoms with Gasteiger partial charge in [0, 0.05) is 13.3 Å². The second-order valence-corrected chi connectivity index (χ2v) is 4.91. The topological polar surface area (TPSA) is 47.9 Å². The Kier molecular flexibility index (Phi) is 3.78. The quantitative estimate of drug-likeness (QED) is 0.479. The van der Waals surface area contributed by atoms with Crippen molar-refractivity contribution in [2.45, 2.75) is 24.3 Å². The van der Waals surface area contributed by atoms with Gasteiger partial charge in [-0.15, -0.1) is 0 Å². The number of hydrogen-bond donors (Lipinski definition) is 0. The Morgan fingerprint density at radius 3 is 2.82 bits per heavy atom. The van der Waals surface area contributed by atoms with Gasteiger partial charge in [0.2, 0.25) is 5.90 Å². The van der Waals surface area contributed by atoms with Crippen LogP contribution in [0.4, 0.5) is 0 Å². The molecule has 2 rings (SSSR count). The molecular weight excluding hydrogens is 286 g/mol. The largest absolute Gasteiger partial charge is 0.469 e. The molecule has 90 valence electrons. The third kappa shape index (κ3) is 3.06. The molecule has 1 saturated heterocycles. The van der Waals surface area contributed by atoms with Crippen LogP contribution in [0.5, 0.6) is 0 Å². The number of halogens is 1. The number of hydrogen-bond acceptors (Lipinski definition) is 4. The van der Waals surface area contributed by atoms with Crippen LogP contribution in [0.25, 0.3) is 0 Å². The van der Waals surface area contributed by atoms with E-state index in [-0.39, 0.29) is 10.9 Å². The van der Waals surface area contributed by atoms with Crippen LogP contribution in [-0.2, 0) is 14.4 Å². The zero-order valence-corrected chi connectivity index (χ0v) is 10.9. The van der Waals surface area contributed by atoms with E-state index in [4.69, 9.17) is 4.74 Å². The highest BCUT2D eigenvalue weighted by Crippen LogP contribution is 2.35. The van der Waals surface area contributed by atoms with Gasteiger partial charge in [-0.25, -0.2) is 4.79 Å². The molecule has 17 heavy (non-hydrogen) atoms. The summed E-state index contributed by atoms with van der Waals surface area (Å²) in [6, 6.07) is 9.86. The Bertz CT molecular complexity index is 433. The van der Waals surface area contributed by atoms with Gasteiger partial charge in [0.05, 0.1) is 4.83 Å². The first-order valence-electron chi connectivity index (χ1n) is 5.27. The van der Waals surface area contributed by atoms with Crippen molar-refractivity contribution in [1.82, 2.24) is 0 Å². The molecule has 5 heteroatoms. The number of alkyl halides is 1. The Morgan fingerprint density at radius 2 is 2.18 bits per heavy atom. The van der Waals surface area contributed by atoms with E-state index in [1.807, 2.05) is 30.3 Å². The molecule has 4 nitrogen and oxygen atoms in total. The smallest absolute Gasteiger partial charge is 0.332 e. The Morgan fingerprint density at radius 1 is 1.47 bits per heavy atom. The lowest BCUT2D eigenvalue weighted by molar-refractivity contribution is -0.141. The fraction of sp³-hybridized carbons (Fsp3) is 0.333. The summed E-state index contributed by atoms with van der Waals surface area (Å²) >= 11 is 3.54. The summed E-state index contributed by atoms with van der Waals surface area (Å²) in [5.74, 6) is -0.00804. The molecule has 1 aromatic carbocycles. The van der Waals surface area contributed by atoms with Crippen molar-refractivity contribution in [2.75, 3.05) is 0 Å². The standard InChI is InChI=1S/C12H12BrNO3/c1-8(15)17-14-11-7-10(13)12(16-11)9-5-3-2-4-6-9/h2-6,10,12H,7H2,1H3/b14-11-. The number of ether oxygens (including phenoxy) is 1. The van der Waals surface area contributed by atoms with Crippen molar-refractivity contribution in [3.05, 3.63) is 35.9 Å². The highest BCUT2D eigenvalue weighted by Gasteiger charge is 2.33. The van der Waals surface area contributed by atoms with E-state index in [0.29, 0.717) is 12.3 Å². The van der Waals surface area contributed by atoms with E-state index in [2.05, 4.69) is 25.9 Å². The van der Waals surface area contributed by atoms with Crippen LogP contribution < -0.4 is 0 Å². The van der Waals surface area contributed by atoms with Crippen LogP contribution in [-0.4, -0.2) is 16.7 Å². The van der Waals surface area contributed by atoms with Crippen LogP contribution in [0.3, 0.4) is 0 Å². The molecule has 0 amide bonds. The van der Waals surface area contributed by atoms with Crippen LogP contribution >= 0.6 is 15.9 Å². The van der Waals surface area contributed by atoms with Gasteiger partial charge in [-0.3, -0.25) is 0 Å². The van der Waals surface area contributed by atoms with Gasteiger partial charge < -0.3 is 9.57 Å². The van der Waals surface area contributed by atoms with Crippen LogP contribution in [0.1, 0.15) is 25.0 Å². The summed E-state index contributed by atoms with van der Waals surface area (Å²) in [6.07, 6.45) is 0.512. The predicted molar refractivity (Wildman–Crippen MR) is 66.8 cm³/mol. The van der Waals surface area contributed by atoms with E-state index < -0.39 is 5.97 Å². The fourth-order valence-corrected chi connectivity index (χ4v) is 2.33. The van der Waals surface area contributed by atoms with Crippen molar-refractivity contribution >= 4 is 27.8 Å². The maximum absolute atomic E-state index is 10.6. The monoisotopic (exact) mass is 297 g/mol. The molecule has 0 spiro atoms. The molecule has 2 unspecified atom stereocenters. The number of carbonyl (C=O) groups excluding carboxylic acids is 1. The maximum atomic E-state index is 10.6. The first-order chi connectivity index (χ1) is 8.16. The highest BCUT2D eigenvalue weighted by atomic mass is 79.9. The average Bonchev–Trinajstić information content (AvgIpc) is 2.69. The Balaban J connectivity index is 2.08. The van der Waals surface area contributed by atoms with Crippen molar-refractivity contribution in [2.24, 2.45) is 5.16 Å². The average molecular weight is 298 g/mol. The molecule has 1 heterocycles. The normalized spacial score (nSPS) is 25.6. The lowest BCUT2D eigenvalue weighted by atomic mass is 10.1. The van der Waals surface area contributed by atoms with Crippen LogP contribution in [0, 0.1) is 0 Å². The molecule has 0 N–H and O–H groups in total. The molecule has 1 aromatic rings. The molecule has 1 aliphatic heterocycles. The van der Waals surface area contributed by atoms with Crippen molar-refractivity contribution in [3.8, 4) is 0 Å². The van der Waals surface area contributed by atoms with Crippen molar-refractivity contribution in [1.29, 1.82) is 0 Å². The van der Waals surface area contributed by atoms with Gasteiger partial charge in [-0.1, -0.05) is 46.3 Å². The van der Waals surface area contributed by atoms with Gasteiger partial charge in [0.1, 0.15) is 6.10 Å². The molecule has 2 atom stereocenters. The van der Waals surface area contributed by atoms with Gasteiger partial charge >= 0.3 is 5.97 Å². The van der Waals surface area contributed by atoms with Gasteiger partial charge in [0.15, 0.2) is 0 Å². The summed E-state index contributed by atoms with van der Waals surface area (Å²) < 4.78 is 5.64. The molecule has 0 aromatic heterocycles. The molecule has 1 fully saturated rings. The van der Waals surface area contributed by atoms with E-state index in [1.165, 1.54) is 6.92 Å². The number of carbonyl (C=O) groups is 1. The first kappa shape index (κ1) is 12.1. The van der Waals surface area contributed by atoms with E-state index >= 15 is 0 Å². The summed E-state index contributed by atoms with van der Waals surface area (Å²) in [5, 5.41) is 3.66. The molecular formula is C12H12BrNO3. The fourth-order valence-electron chi connectivity index (χ4n) is 1.64. The summed E-state index contributed by atoms with van der Waals surface area (Å²) in [7, 11) is 0. The maximum Gasteiger partial charge on any atom is 0.332 e. The number of nitrogens with zero attached hydrogens (tertiary/aromatic N) is 1. The van der Waals surface area contributed by atoms with E-state index in [9.17, 15) is 4.79 Å². The highest BCUT2D eigenvalue weighted by molar-refractivity contribution is 9.09. The minimum atomic E-state index is -0.449. The minimum absolute atomic E-state index is 0.0921. The molecule has 0 bridgehead atoms. The third-order valence-corrected chi connectivity index (χ3v) is 3.17. The summed E-state index contributed by atoms with van der Waals surface area (Å²) in [6.45, 7) is 1.30. The lowest BCUT2D eigenvalue weighted by Gasteiger charge is -2.12. The van der Waals surface area contributed by atoms with Gasteiger partial charge in [0.25, 0.3) is 0 Å². The van der Waals surface area contributed by atoms with Crippen LogP contribution in [0.15, 0.2) is 35.5 Å². The predicted octanol–water partition coefficient (Wildman–Crippen LogP) is 2.79. The summed E-state index contributed by atoms with van der Waals surface area (Å²) in [4.78, 5) is 15.3. The van der Waals surface area contributed by atoms with E-state index in [1.54, 1.807) is 0 Å². The van der Waals surface area contributed by atoms with E-state index in [0.717, 1.165) is 5.56 Å². The third-order valence-electron chi connectivity index (χ3n) is 2.37. The molecule has 1 aliphatic rings. The number of oxime groups is 1. The number of rotatable bonds is 2. The summed E-state index contributed by atoms with van der Waals surface area (Å²) in [5.41, 5.74) is 1.07. The van der Waals surface area contributed by atoms with Crippen molar-refractivity contribution in [3.63, 3.8) is 0 Å². The molecule has 0 aliphatic carbocycles. The Labute approximate surface area is 108 Å². The molecule has 0 saturated carbocycles. The second-order valence-electron chi connectivity index (χ2n) is 3.74. The molecule has 0 radical (unpaired) electrons. The zero-order chi connectivity index (χ0) is 12.3. The SMILES string of the molecule is CC(=O)O/N=C1/CC(Br)C(c2ccccc2)O1. The lowest BCUT2D eigenvalue weighted by Crippen LogP contribution is -2.05. The van der Waals surface area contributed by atoms with Crippen LogP contribution in [0.2, 0.25) is 0 Å². The Hall–Kier alpha value is -1.36. The minimum Gasteiger partial charge on any atom is -0.469 e. The van der Waals surface area contributed by atoms with Crippen molar-refractivity contribution < 1.29 is 14.4 Å². The second kappa shape index (κ2) is 5.31. The first-order valence-corrected chi connectivity index (χ1v) is 6.18. The van der Waals surface area contributed by atoms with Gasteiger partial charge in [-0.05, 0) is 10.7 Å².